The molecule has 0 bridgehead atoms. The van der Waals surface area contributed by atoms with E-state index in [4.69, 9.17) is 35.3 Å². The molecule has 1 saturated heterocycles. The number of nitrogens with one attached hydrogen (secondary N) is 1. The lowest BCUT2D eigenvalue weighted by molar-refractivity contribution is -0.225. The lowest BCUT2D eigenvalue weighted by Gasteiger charge is -2.46. The summed E-state index contributed by atoms with van der Waals surface area (Å²) in [5.74, 6) is -4.87. The van der Waals surface area contributed by atoms with E-state index in [2.05, 4.69) is 10.1 Å². The highest BCUT2D eigenvalue weighted by Gasteiger charge is 2.57. The topological polar surface area (TPSA) is 170 Å². The summed E-state index contributed by atoms with van der Waals surface area (Å²) in [7, 11) is 1.04. The van der Waals surface area contributed by atoms with E-state index in [9.17, 15) is 28.8 Å². The van der Waals surface area contributed by atoms with Crippen LogP contribution in [0.15, 0.2) is 0 Å². The van der Waals surface area contributed by atoms with E-state index < -0.39 is 84.3 Å². The number of ether oxygens (including phenoxy) is 6. The van der Waals surface area contributed by atoms with E-state index in [1.165, 1.54) is 0 Å². The van der Waals surface area contributed by atoms with Gasteiger partial charge in [-0.3, -0.25) is 24.0 Å². The van der Waals surface area contributed by atoms with Crippen molar-refractivity contribution >= 4 is 47.4 Å². The van der Waals surface area contributed by atoms with Crippen LogP contribution in [0, 0.1) is 0 Å². The van der Waals surface area contributed by atoms with Crippen molar-refractivity contribution in [2.24, 2.45) is 0 Å². The Hall–Kier alpha value is -2.93. The molecule has 1 N–H and O–H groups in total. The summed E-state index contributed by atoms with van der Waals surface area (Å²) in [6.07, 6.45) is -6.29. The van der Waals surface area contributed by atoms with Crippen LogP contribution in [0.4, 0.5) is 0 Å². The number of carbonyl (C=O) groups excluding carboxylic acids is 6. The number of methoxy groups -OCH3 is 1. The Bertz CT molecular complexity index is 817. The molecule has 192 valence electrons. The van der Waals surface area contributed by atoms with Crippen LogP contribution < -0.4 is 5.32 Å². The van der Waals surface area contributed by atoms with Crippen molar-refractivity contribution < 1.29 is 57.2 Å². The summed E-state index contributed by atoms with van der Waals surface area (Å²) < 4.78 is 31.2. The van der Waals surface area contributed by atoms with Gasteiger partial charge in [0.05, 0.1) is 13.2 Å². The first-order chi connectivity index (χ1) is 15.7. The molecule has 1 fully saturated rings. The van der Waals surface area contributed by atoms with Crippen molar-refractivity contribution in [3.63, 3.8) is 0 Å². The Morgan fingerprint density at radius 1 is 0.971 bits per heavy atom. The minimum Gasteiger partial charge on any atom is -0.466 e. The Balaban J connectivity index is 3.64. The molecule has 0 saturated carbocycles. The van der Waals surface area contributed by atoms with Gasteiger partial charge in [0, 0.05) is 41.0 Å². The first-order valence-electron chi connectivity index (χ1n) is 10.1. The monoisotopic (exact) mass is 509 g/mol. The predicted octanol–water partition coefficient (Wildman–Crippen LogP) is -0.254. The highest BCUT2D eigenvalue weighted by atomic mass is 35.5. The number of amides is 1. The third-order valence-electron chi connectivity index (χ3n) is 4.48. The highest BCUT2D eigenvalue weighted by molar-refractivity contribution is 6.32. The van der Waals surface area contributed by atoms with Crippen molar-refractivity contribution in [1.82, 2.24) is 5.32 Å². The van der Waals surface area contributed by atoms with Gasteiger partial charge in [-0.25, -0.2) is 4.79 Å². The van der Waals surface area contributed by atoms with E-state index in [0.717, 1.165) is 41.7 Å². The van der Waals surface area contributed by atoms with Crippen molar-refractivity contribution in [3.8, 4) is 0 Å². The van der Waals surface area contributed by atoms with Gasteiger partial charge >= 0.3 is 29.8 Å². The third-order valence-corrected chi connectivity index (χ3v) is 4.88. The summed E-state index contributed by atoms with van der Waals surface area (Å²) >= 11 is 6.38. The van der Waals surface area contributed by atoms with Gasteiger partial charge in [-0.15, -0.1) is 0 Å². The number of carbonyl (C=O) groups is 6. The van der Waals surface area contributed by atoms with Crippen LogP contribution >= 0.6 is 11.6 Å². The molecular weight excluding hydrogens is 482 g/mol. The molecule has 1 amide bonds. The molecule has 1 heterocycles. The van der Waals surface area contributed by atoms with Crippen LogP contribution in [0.1, 0.15) is 41.0 Å². The van der Waals surface area contributed by atoms with Crippen molar-refractivity contribution in [2.75, 3.05) is 13.7 Å². The van der Waals surface area contributed by atoms with Gasteiger partial charge in [-0.1, -0.05) is 11.6 Å². The fraction of sp³-hybridized carbons (Fsp3) is 0.700. The second-order valence-corrected chi connectivity index (χ2v) is 8.02. The molecule has 14 heteroatoms. The highest BCUT2D eigenvalue weighted by Crippen LogP contribution is 2.38. The Labute approximate surface area is 200 Å². The molecule has 34 heavy (non-hydrogen) atoms. The summed E-state index contributed by atoms with van der Waals surface area (Å²) in [5.41, 5.74) is 0. The van der Waals surface area contributed by atoms with E-state index in [1.807, 2.05) is 0 Å². The lowest BCUT2D eigenvalue weighted by atomic mass is 9.89. The number of halogens is 1. The molecule has 0 radical (unpaired) electrons. The van der Waals surface area contributed by atoms with Crippen LogP contribution in [0.3, 0.4) is 0 Å². The second-order valence-electron chi connectivity index (χ2n) is 7.41. The smallest absolute Gasteiger partial charge is 0.354 e. The standard InChI is InChI=1S/C20H28ClNO12/c1-9(23)22-16-14(31-11(3)25)7-20(21,19(28)29-6)34-18(16)17(33-13(5)27)15(32-12(4)26)8-30-10(2)24/h14-18H,7-8H2,1-6H3,(H,22,23)/t14?,15-,16-,17-,18?,20?/m1/s1. The maximum absolute atomic E-state index is 12.4. The van der Waals surface area contributed by atoms with Gasteiger partial charge in [-0.05, 0) is 0 Å². The van der Waals surface area contributed by atoms with Gasteiger partial charge in [0.25, 0.3) is 0 Å². The Morgan fingerprint density at radius 3 is 2.00 bits per heavy atom. The summed E-state index contributed by atoms with van der Waals surface area (Å²) in [4.78, 5) is 71.2. The molecule has 6 atom stereocenters. The molecule has 1 aliphatic rings. The maximum atomic E-state index is 12.4. The number of esters is 5. The van der Waals surface area contributed by atoms with E-state index in [0.29, 0.717) is 0 Å². The number of alkyl halides is 1. The maximum Gasteiger partial charge on any atom is 0.354 e. The number of hydrogen-bond acceptors (Lipinski definition) is 12. The Kier molecular flexibility index (Phi) is 10.7. The minimum atomic E-state index is -2.24. The fourth-order valence-electron chi connectivity index (χ4n) is 3.38. The molecule has 0 aromatic heterocycles. The molecule has 3 unspecified atom stereocenters. The van der Waals surface area contributed by atoms with E-state index in [-0.39, 0.29) is 0 Å². The van der Waals surface area contributed by atoms with Gasteiger partial charge in [0.1, 0.15) is 18.8 Å². The van der Waals surface area contributed by atoms with E-state index in [1.54, 1.807) is 0 Å². The van der Waals surface area contributed by atoms with Gasteiger partial charge < -0.3 is 33.7 Å². The van der Waals surface area contributed by atoms with Crippen LogP contribution in [0.5, 0.6) is 0 Å². The van der Waals surface area contributed by atoms with E-state index >= 15 is 0 Å². The van der Waals surface area contributed by atoms with Crippen molar-refractivity contribution in [3.05, 3.63) is 0 Å². The van der Waals surface area contributed by atoms with Crippen molar-refractivity contribution in [2.45, 2.75) is 76.6 Å². The SMILES string of the molecule is COC(=O)C1(Cl)CC(OC(C)=O)[C@@H](NC(C)=O)C([C@H](OC(C)=O)[C@@H](COC(C)=O)OC(C)=O)O1. The van der Waals surface area contributed by atoms with Gasteiger partial charge in [-0.2, -0.15) is 0 Å². The zero-order valence-electron chi connectivity index (χ0n) is 19.6. The zero-order chi connectivity index (χ0) is 26.2. The van der Waals surface area contributed by atoms with Gasteiger partial charge in [0.15, 0.2) is 12.2 Å². The lowest BCUT2D eigenvalue weighted by Crippen LogP contribution is -2.67. The molecule has 0 aromatic carbocycles. The quantitative estimate of drug-likeness (QED) is 0.246. The average molecular weight is 510 g/mol. The first-order valence-corrected chi connectivity index (χ1v) is 10.4. The summed E-state index contributed by atoms with van der Waals surface area (Å²) in [6, 6.07) is -1.24. The average Bonchev–Trinajstić information content (AvgIpc) is 2.69. The molecule has 1 aliphatic heterocycles. The first kappa shape index (κ1) is 29.1. The normalized spacial score (nSPS) is 25.7. The summed E-state index contributed by atoms with van der Waals surface area (Å²) in [6.45, 7) is 4.87. The largest absolute Gasteiger partial charge is 0.466 e. The molecule has 1 rings (SSSR count). The minimum absolute atomic E-state index is 0.447. The van der Waals surface area contributed by atoms with Crippen molar-refractivity contribution in [1.29, 1.82) is 0 Å². The number of hydrogen-bond donors (Lipinski definition) is 1. The number of rotatable bonds is 9. The molecular formula is C20H28ClNO12. The van der Waals surface area contributed by atoms with Crippen LogP contribution in [0.25, 0.3) is 0 Å². The van der Waals surface area contributed by atoms with Crippen LogP contribution in [-0.2, 0) is 57.2 Å². The predicted molar refractivity (Wildman–Crippen MR) is 111 cm³/mol. The molecule has 0 aromatic rings. The molecule has 0 spiro atoms. The molecule has 13 nitrogen and oxygen atoms in total. The van der Waals surface area contributed by atoms with Crippen LogP contribution in [0.2, 0.25) is 0 Å². The third kappa shape index (κ3) is 8.45. The van der Waals surface area contributed by atoms with Gasteiger partial charge in [0.2, 0.25) is 11.0 Å². The molecule has 0 aliphatic carbocycles. The second kappa shape index (κ2) is 12.5. The van der Waals surface area contributed by atoms with Crippen LogP contribution in [-0.4, -0.2) is 85.0 Å². The summed E-state index contributed by atoms with van der Waals surface area (Å²) in [5, 5.41) is 0.276. The zero-order valence-corrected chi connectivity index (χ0v) is 20.3. The fourth-order valence-corrected chi connectivity index (χ4v) is 3.71. The Morgan fingerprint density at radius 2 is 1.56 bits per heavy atom.